The van der Waals surface area contributed by atoms with Gasteiger partial charge in [-0.1, -0.05) is 25.3 Å². The van der Waals surface area contributed by atoms with Crippen molar-refractivity contribution in [2.75, 3.05) is 32.0 Å². The van der Waals surface area contributed by atoms with Gasteiger partial charge in [0.2, 0.25) is 11.8 Å². The molecule has 9 heteroatoms. The third-order valence-corrected chi connectivity index (χ3v) is 6.09. The zero-order chi connectivity index (χ0) is 24.8. The van der Waals surface area contributed by atoms with Gasteiger partial charge in [0.15, 0.2) is 0 Å². The second kappa shape index (κ2) is 15.2. The molecule has 0 radical (unpaired) electrons. The molecule has 1 aromatic rings. The number of nitrogens with zero attached hydrogens (tertiary/aromatic N) is 1. The fourth-order valence-corrected chi connectivity index (χ4v) is 4.07. The molecule has 1 aromatic carbocycles. The summed E-state index contributed by atoms with van der Waals surface area (Å²) < 4.78 is 0. The van der Waals surface area contributed by atoms with Crippen LogP contribution in [0, 0.1) is 0 Å². The second-order valence-corrected chi connectivity index (χ2v) is 8.64. The van der Waals surface area contributed by atoms with Gasteiger partial charge in [-0.25, -0.2) is 0 Å². The van der Waals surface area contributed by atoms with Crippen LogP contribution in [0.4, 0.5) is 5.69 Å². The van der Waals surface area contributed by atoms with Crippen molar-refractivity contribution in [1.82, 2.24) is 15.5 Å². The molecule has 1 aliphatic heterocycles. The van der Waals surface area contributed by atoms with Gasteiger partial charge in [-0.15, -0.1) is 0 Å². The van der Waals surface area contributed by atoms with Crippen molar-refractivity contribution in [3.05, 3.63) is 29.3 Å². The first kappa shape index (κ1) is 27.5. The molecule has 3 amide bonds. The first-order chi connectivity index (χ1) is 16.5. The number of anilines is 1. The number of hydrogen-bond acceptors (Lipinski definition) is 6. The van der Waals surface area contributed by atoms with Crippen LogP contribution in [0.3, 0.4) is 0 Å². The number of fused-ring (bicyclic) bond motifs is 1. The molecule has 9 nitrogen and oxygen atoms in total. The van der Waals surface area contributed by atoms with Crippen molar-refractivity contribution in [1.29, 1.82) is 0 Å². The van der Waals surface area contributed by atoms with Crippen LogP contribution in [-0.2, 0) is 20.9 Å². The monoisotopic (exact) mass is 473 g/mol. The number of nitrogens with one attached hydrogen (secondary N) is 3. The molecule has 0 aromatic heterocycles. The molecule has 34 heavy (non-hydrogen) atoms. The lowest BCUT2D eigenvalue weighted by Crippen LogP contribution is -2.37. The Bertz CT molecular complexity index is 830. The Balaban J connectivity index is 1.78. The first-order valence-electron chi connectivity index (χ1n) is 12.3. The summed E-state index contributed by atoms with van der Waals surface area (Å²) in [5, 5.41) is 8.83. The molecule has 1 unspecified atom stereocenters. The maximum atomic E-state index is 12.9. The number of carbonyl (C=O) groups is 4. The summed E-state index contributed by atoms with van der Waals surface area (Å²) in [5.74, 6) is -0.505. The van der Waals surface area contributed by atoms with Crippen LogP contribution in [0.5, 0.6) is 0 Å². The molecular formula is C25H39N5O4. The number of rotatable bonds is 17. The minimum Gasteiger partial charge on any atom is -0.359 e. The van der Waals surface area contributed by atoms with Gasteiger partial charge in [0.1, 0.15) is 6.29 Å². The molecule has 1 aliphatic rings. The Morgan fingerprint density at radius 2 is 1.79 bits per heavy atom. The Kier molecular flexibility index (Phi) is 12.3. The van der Waals surface area contributed by atoms with E-state index in [0.29, 0.717) is 30.5 Å². The summed E-state index contributed by atoms with van der Waals surface area (Å²) in [5.41, 5.74) is 7.28. The number of benzene rings is 1. The Morgan fingerprint density at radius 1 is 1.06 bits per heavy atom. The van der Waals surface area contributed by atoms with Crippen molar-refractivity contribution in [3.63, 3.8) is 0 Å². The highest BCUT2D eigenvalue weighted by Crippen LogP contribution is 2.31. The van der Waals surface area contributed by atoms with Crippen molar-refractivity contribution >= 4 is 29.7 Å². The van der Waals surface area contributed by atoms with Crippen LogP contribution in [0.2, 0.25) is 0 Å². The molecule has 0 aliphatic carbocycles. The van der Waals surface area contributed by atoms with Crippen LogP contribution in [0.25, 0.3) is 0 Å². The van der Waals surface area contributed by atoms with Gasteiger partial charge < -0.3 is 31.4 Å². The van der Waals surface area contributed by atoms with E-state index in [2.05, 4.69) is 16.0 Å². The van der Waals surface area contributed by atoms with Gasteiger partial charge in [-0.3, -0.25) is 14.4 Å². The lowest BCUT2D eigenvalue weighted by Gasteiger charge is -2.22. The number of aldehydes is 1. The van der Waals surface area contributed by atoms with Crippen molar-refractivity contribution in [3.8, 4) is 0 Å². The summed E-state index contributed by atoms with van der Waals surface area (Å²) in [6.45, 7) is 2.93. The normalized spacial score (nSPS) is 13.5. The molecule has 188 valence electrons. The van der Waals surface area contributed by atoms with Crippen molar-refractivity contribution in [2.45, 2.75) is 70.4 Å². The largest absolute Gasteiger partial charge is 0.359 e. The summed E-state index contributed by atoms with van der Waals surface area (Å²) in [4.78, 5) is 50.0. The van der Waals surface area contributed by atoms with Crippen molar-refractivity contribution in [2.24, 2.45) is 5.73 Å². The van der Waals surface area contributed by atoms with Crippen LogP contribution < -0.4 is 21.7 Å². The third-order valence-electron chi connectivity index (χ3n) is 6.09. The maximum Gasteiger partial charge on any atom is 0.255 e. The van der Waals surface area contributed by atoms with Crippen LogP contribution in [0.1, 0.15) is 73.7 Å². The number of nitrogens with two attached hydrogens (primary N) is 1. The van der Waals surface area contributed by atoms with Crippen LogP contribution >= 0.6 is 0 Å². The number of amides is 3. The van der Waals surface area contributed by atoms with Gasteiger partial charge in [0.05, 0.1) is 6.04 Å². The van der Waals surface area contributed by atoms with E-state index < -0.39 is 6.04 Å². The number of carbonyl (C=O) groups excluding carboxylic acids is 4. The minimum atomic E-state index is -0.684. The minimum absolute atomic E-state index is 0.0747. The summed E-state index contributed by atoms with van der Waals surface area (Å²) in [6, 6.07) is 4.54. The van der Waals surface area contributed by atoms with E-state index >= 15 is 0 Å². The molecule has 1 heterocycles. The average molecular weight is 474 g/mol. The quantitative estimate of drug-likeness (QED) is 0.202. The van der Waals surface area contributed by atoms with Gasteiger partial charge in [-0.2, -0.15) is 0 Å². The zero-order valence-electron chi connectivity index (χ0n) is 20.2. The SMILES string of the molecule is CNC(=O)CCC(C=O)N1Cc2c(NC(=O)CCCCCCCNCCCN)cccc2C1=O. The fourth-order valence-electron chi connectivity index (χ4n) is 4.07. The van der Waals surface area contributed by atoms with E-state index in [9.17, 15) is 19.2 Å². The molecule has 0 spiro atoms. The lowest BCUT2D eigenvalue weighted by atomic mass is 10.1. The molecule has 1 atom stereocenters. The standard InChI is InChI=1S/C25H39N5O4/c1-27-23(32)13-12-19(18-31)30-17-21-20(25(30)34)9-7-10-22(21)29-24(33)11-5-3-2-4-6-15-28-16-8-14-26/h7,9-10,18-19,28H,2-6,8,11-17,26H2,1H3,(H,27,32)(H,29,33). The zero-order valence-corrected chi connectivity index (χ0v) is 20.2. The summed E-state index contributed by atoms with van der Waals surface area (Å²) in [7, 11) is 1.54. The van der Waals surface area contributed by atoms with E-state index in [1.807, 2.05) is 0 Å². The Morgan fingerprint density at radius 3 is 2.53 bits per heavy atom. The van der Waals surface area contributed by atoms with Crippen molar-refractivity contribution < 1.29 is 19.2 Å². The van der Waals surface area contributed by atoms with E-state index in [0.717, 1.165) is 57.2 Å². The highest BCUT2D eigenvalue weighted by Gasteiger charge is 2.34. The topological polar surface area (TPSA) is 134 Å². The smallest absolute Gasteiger partial charge is 0.255 e. The molecular weight excluding hydrogens is 434 g/mol. The predicted octanol–water partition coefficient (Wildman–Crippen LogP) is 1.95. The van der Waals surface area contributed by atoms with E-state index in [-0.39, 0.29) is 37.1 Å². The second-order valence-electron chi connectivity index (χ2n) is 8.64. The fraction of sp³-hybridized carbons (Fsp3) is 0.600. The lowest BCUT2D eigenvalue weighted by molar-refractivity contribution is -0.121. The Labute approximate surface area is 202 Å². The maximum absolute atomic E-state index is 12.9. The van der Waals surface area contributed by atoms with Crippen LogP contribution in [-0.4, -0.2) is 61.6 Å². The first-order valence-corrected chi connectivity index (χ1v) is 12.3. The molecule has 0 fully saturated rings. The number of hydrogen-bond donors (Lipinski definition) is 4. The number of unbranched alkanes of at least 4 members (excludes halogenated alkanes) is 4. The van der Waals surface area contributed by atoms with Gasteiger partial charge in [0, 0.05) is 43.2 Å². The molecule has 2 rings (SSSR count). The van der Waals surface area contributed by atoms with Gasteiger partial charge in [-0.05, 0) is 57.5 Å². The summed E-state index contributed by atoms with van der Waals surface area (Å²) in [6.07, 6.45) is 7.74. The molecule has 5 N–H and O–H groups in total. The van der Waals surface area contributed by atoms with Gasteiger partial charge in [0.25, 0.3) is 5.91 Å². The van der Waals surface area contributed by atoms with Gasteiger partial charge >= 0.3 is 0 Å². The highest BCUT2D eigenvalue weighted by molar-refractivity contribution is 6.03. The van der Waals surface area contributed by atoms with E-state index in [1.54, 1.807) is 18.2 Å². The van der Waals surface area contributed by atoms with E-state index in [4.69, 9.17) is 5.73 Å². The predicted molar refractivity (Wildman–Crippen MR) is 132 cm³/mol. The molecule has 0 saturated heterocycles. The average Bonchev–Trinajstić information content (AvgIpc) is 3.18. The highest BCUT2D eigenvalue weighted by atomic mass is 16.2. The summed E-state index contributed by atoms with van der Waals surface area (Å²) >= 11 is 0. The Hall–Kier alpha value is -2.78. The molecule has 0 bridgehead atoms. The molecule has 0 saturated carbocycles. The third kappa shape index (κ3) is 8.53. The van der Waals surface area contributed by atoms with Crippen LogP contribution in [0.15, 0.2) is 18.2 Å². The van der Waals surface area contributed by atoms with E-state index in [1.165, 1.54) is 11.9 Å².